The molecule has 240 valence electrons. The largest absolute Gasteiger partial charge is 0.478 e. The Kier molecular flexibility index (Phi) is 9.09. The van der Waals surface area contributed by atoms with E-state index < -0.39 is 56.1 Å². The zero-order valence-electron chi connectivity index (χ0n) is 25.3. The van der Waals surface area contributed by atoms with E-state index in [0.29, 0.717) is 21.8 Å². The van der Waals surface area contributed by atoms with Crippen LogP contribution >= 0.6 is 23.2 Å². The van der Waals surface area contributed by atoms with Gasteiger partial charge in [0.05, 0.1) is 27.1 Å². The molecule has 1 aliphatic carbocycles. The number of aromatic nitrogens is 1. The van der Waals surface area contributed by atoms with E-state index in [9.17, 15) is 23.1 Å². The van der Waals surface area contributed by atoms with E-state index in [1.807, 2.05) is 0 Å². The molecule has 2 fully saturated rings. The Morgan fingerprint density at radius 1 is 1.13 bits per heavy atom. The van der Waals surface area contributed by atoms with Gasteiger partial charge in [0.15, 0.2) is 15.4 Å². The molecule has 2 heterocycles. The number of carbonyl (C=O) groups excluding carboxylic acids is 1. The average molecular weight is 678 g/mol. The summed E-state index contributed by atoms with van der Waals surface area (Å²) in [7, 11) is -3.71. The highest BCUT2D eigenvalue weighted by atomic mass is 35.5. The van der Waals surface area contributed by atoms with Gasteiger partial charge >= 0.3 is 5.97 Å². The minimum atomic E-state index is -3.71. The van der Waals surface area contributed by atoms with Crippen molar-refractivity contribution in [3.63, 3.8) is 0 Å². The summed E-state index contributed by atoms with van der Waals surface area (Å²) in [5.74, 6) is -2.69. The zero-order valence-corrected chi connectivity index (χ0v) is 27.7. The Balaban J connectivity index is 1.70. The van der Waals surface area contributed by atoms with Crippen LogP contribution in [-0.4, -0.2) is 57.4 Å². The molecule has 2 aliphatic rings. The summed E-state index contributed by atoms with van der Waals surface area (Å²) >= 11 is 12.5. The van der Waals surface area contributed by atoms with Gasteiger partial charge in [0.1, 0.15) is 11.9 Å². The highest BCUT2D eigenvalue weighted by molar-refractivity contribution is 7.92. The lowest BCUT2D eigenvalue weighted by Crippen LogP contribution is -2.62. The van der Waals surface area contributed by atoms with E-state index in [-0.39, 0.29) is 28.7 Å². The molecule has 3 aromatic rings. The molecule has 0 spiro atoms. The molecule has 1 saturated carbocycles. The summed E-state index contributed by atoms with van der Waals surface area (Å²) in [4.78, 5) is 32.1. The van der Waals surface area contributed by atoms with Crippen molar-refractivity contribution in [1.29, 1.82) is 0 Å². The Morgan fingerprint density at radius 2 is 1.84 bits per heavy atom. The van der Waals surface area contributed by atoms with Gasteiger partial charge in [-0.25, -0.2) is 17.6 Å². The lowest BCUT2D eigenvalue weighted by Gasteiger charge is -2.52. The number of nitrogens with zero attached hydrogens (tertiary/aromatic N) is 2. The minimum Gasteiger partial charge on any atom is -0.478 e. The molecule has 1 aromatic heterocycles. The quantitative estimate of drug-likeness (QED) is 0.263. The van der Waals surface area contributed by atoms with Gasteiger partial charge in [-0.2, -0.15) is 0 Å². The van der Waals surface area contributed by atoms with Gasteiger partial charge in [0.25, 0.3) is 5.91 Å². The van der Waals surface area contributed by atoms with Gasteiger partial charge in [-0.1, -0.05) is 41.4 Å². The SMILES string of the molecule is CC(C)(C)S(=O)(=O)CC(C1CC1)N1C(=O)[C@](C)(Cc2ccc(C(=O)O)cn2)O[C@H](c2cccc(Cl)c2)C1c1ccc(Cl)c(F)c1. The van der Waals surface area contributed by atoms with Crippen LogP contribution in [0.5, 0.6) is 0 Å². The molecule has 1 amide bonds. The first-order valence-electron chi connectivity index (χ1n) is 14.6. The van der Waals surface area contributed by atoms with Gasteiger partial charge in [-0.15, -0.1) is 0 Å². The van der Waals surface area contributed by atoms with Crippen LogP contribution in [0.2, 0.25) is 10.0 Å². The maximum absolute atomic E-state index is 15.0. The van der Waals surface area contributed by atoms with Crippen molar-refractivity contribution in [1.82, 2.24) is 9.88 Å². The third-order valence-electron chi connectivity index (χ3n) is 8.56. The van der Waals surface area contributed by atoms with Crippen molar-refractivity contribution in [2.24, 2.45) is 5.92 Å². The van der Waals surface area contributed by atoms with Crippen LogP contribution in [0.15, 0.2) is 60.8 Å². The van der Waals surface area contributed by atoms with Crippen LogP contribution in [0.25, 0.3) is 0 Å². The Morgan fingerprint density at radius 3 is 2.40 bits per heavy atom. The maximum atomic E-state index is 15.0. The van der Waals surface area contributed by atoms with Gasteiger partial charge in [-0.05, 0) is 94.0 Å². The number of carbonyl (C=O) groups is 2. The van der Waals surface area contributed by atoms with Gasteiger partial charge in [-0.3, -0.25) is 9.78 Å². The third kappa shape index (κ3) is 6.89. The summed E-state index contributed by atoms with van der Waals surface area (Å²) in [5.41, 5.74) is -0.176. The first-order chi connectivity index (χ1) is 21.0. The number of sulfone groups is 1. The van der Waals surface area contributed by atoms with Crippen LogP contribution < -0.4 is 0 Å². The predicted octanol–water partition coefficient (Wildman–Crippen LogP) is 6.86. The van der Waals surface area contributed by atoms with E-state index in [0.717, 1.165) is 12.8 Å². The lowest BCUT2D eigenvalue weighted by atomic mass is 9.85. The van der Waals surface area contributed by atoms with Crippen LogP contribution in [0.1, 0.15) is 79.9 Å². The second-order valence-electron chi connectivity index (χ2n) is 13.0. The molecule has 4 atom stereocenters. The Bertz CT molecular complexity index is 1730. The van der Waals surface area contributed by atoms with E-state index >= 15 is 4.39 Å². The number of rotatable bonds is 9. The summed E-state index contributed by atoms with van der Waals surface area (Å²) in [6.07, 6.45) is 1.73. The number of carboxylic acids is 1. The summed E-state index contributed by atoms with van der Waals surface area (Å²) < 4.78 is 48.1. The highest BCUT2D eigenvalue weighted by Crippen LogP contribution is 2.51. The number of pyridine rings is 1. The molecule has 12 heteroatoms. The van der Waals surface area contributed by atoms with Crippen LogP contribution in [0.3, 0.4) is 0 Å². The molecule has 1 saturated heterocycles. The fourth-order valence-electron chi connectivity index (χ4n) is 5.78. The molecule has 2 unspecified atom stereocenters. The number of morpholine rings is 1. The fourth-order valence-corrected chi connectivity index (χ4v) is 7.48. The smallest absolute Gasteiger partial charge is 0.337 e. The van der Waals surface area contributed by atoms with Crippen LogP contribution in [0, 0.1) is 11.7 Å². The lowest BCUT2D eigenvalue weighted by molar-refractivity contribution is -0.202. The number of aromatic carboxylic acids is 1. The van der Waals surface area contributed by atoms with E-state index in [4.69, 9.17) is 27.9 Å². The minimum absolute atomic E-state index is 0.00997. The number of halogens is 3. The first kappa shape index (κ1) is 33.3. The molecular weight excluding hydrogens is 642 g/mol. The molecule has 45 heavy (non-hydrogen) atoms. The monoisotopic (exact) mass is 676 g/mol. The molecule has 0 bridgehead atoms. The number of amides is 1. The summed E-state index contributed by atoms with van der Waals surface area (Å²) in [6.45, 7) is 6.51. The molecule has 8 nitrogen and oxygen atoms in total. The van der Waals surface area contributed by atoms with Crippen molar-refractivity contribution in [3.8, 4) is 0 Å². The van der Waals surface area contributed by atoms with Crippen molar-refractivity contribution < 1.29 is 32.2 Å². The Hall–Kier alpha value is -3.05. The summed E-state index contributed by atoms with van der Waals surface area (Å²) in [5, 5.41) is 9.65. The average Bonchev–Trinajstić information content (AvgIpc) is 3.80. The maximum Gasteiger partial charge on any atom is 0.337 e. The number of hydrogen-bond donors (Lipinski definition) is 1. The molecule has 1 N–H and O–H groups in total. The second kappa shape index (κ2) is 12.3. The van der Waals surface area contributed by atoms with E-state index in [2.05, 4.69) is 4.98 Å². The standard InChI is InChI=1S/C33H35Cl2FN2O6S/c1-32(2,3)45(42,43)18-27(19-8-9-19)38-28(20-11-13-25(35)26(36)15-20)29(21-6-5-7-23(34)14-21)44-33(4,31(38)41)16-24-12-10-22(17-37-24)30(39)40/h5-7,10-15,17,19,27-29H,8-9,16,18H2,1-4H3,(H,39,40)/t27?,28?,29-,33+/m1/s1. The van der Waals surface area contributed by atoms with Crippen molar-refractivity contribution in [2.45, 2.75) is 75.5 Å². The normalized spacial score (nSPS) is 23.2. The van der Waals surface area contributed by atoms with E-state index in [1.165, 1.54) is 30.5 Å². The third-order valence-corrected chi connectivity index (χ3v) is 11.7. The van der Waals surface area contributed by atoms with Crippen LogP contribution in [-0.2, 0) is 25.8 Å². The molecule has 2 aromatic carbocycles. The second-order valence-corrected chi connectivity index (χ2v) is 16.6. The van der Waals surface area contributed by atoms with Crippen LogP contribution in [0.4, 0.5) is 4.39 Å². The molecule has 0 radical (unpaired) electrons. The Labute approximate surface area is 272 Å². The van der Waals surface area contributed by atoms with Crippen molar-refractivity contribution >= 4 is 44.9 Å². The fraction of sp³-hybridized carbons (Fsp3) is 0.424. The predicted molar refractivity (Wildman–Crippen MR) is 170 cm³/mol. The van der Waals surface area contributed by atoms with Gasteiger partial charge in [0.2, 0.25) is 0 Å². The van der Waals surface area contributed by atoms with Gasteiger partial charge in [0, 0.05) is 29.4 Å². The molecular formula is C33H35Cl2FN2O6S. The molecule has 5 rings (SSSR count). The number of benzene rings is 2. The van der Waals surface area contributed by atoms with E-state index in [1.54, 1.807) is 62.9 Å². The number of carboxylic acid groups (broad SMARTS) is 1. The molecule has 1 aliphatic heterocycles. The topological polar surface area (TPSA) is 114 Å². The highest BCUT2D eigenvalue weighted by Gasteiger charge is 2.56. The van der Waals surface area contributed by atoms with Gasteiger partial charge < -0.3 is 14.7 Å². The number of hydrogen-bond acceptors (Lipinski definition) is 6. The zero-order chi connectivity index (χ0) is 32.9. The van der Waals surface area contributed by atoms with Crippen molar-refractivity contribution in [2.75, 3.05) is 5.75 Å². The van der Waals surface area contributed by atoms with Crippen molar-refractivity contribution in [3.05, 3.63) is 99.0 Å². The summed E-state index contributed by atoms with van der Waals surface area (Å²) in [6, 6.07) is 12.5. The number of ether oxygens (including phenoxy) is 1. The first-order valence-corrected chi connectivity index (χ1v) is 17.0.